The first kappa shape index (κ1) is 19.4. The van der Waals surface area contributed by atoms with E-state index in [2.05, 4.69) is 56.2 Å². The Kier molecular flexibility index (Phi) is 10.8. The summed E-state index contributed by atoms with van der Waals surface area (Å²) in [4.78, 5) is 2.46. The molecule has 20 heavy (non-hydrogen) atoms. The summed E-state index contributed by atoms with van der Waals surface area (Å²) in [5.74, 6) is 0. The summed E-state index contributed by atoms with van der Waals surface area (Å²) in [6.07, 6.45) is 9.58. The fourth-order valence-electron chi connectivity index (χ4n) is 2.18. The van der Waals surface area contributed by atoms with Gasteiger partial charge in [0.2, 0.25) is 0 Å². The Morgan fingerprint density at radius 1 is 1.10 bits per heavy atom. The highest BCUT2D eigenvalue weighted by Crippen LogP contribution is 2.10. The van der Waals surface area contributed by atoms with E-state index in [0.717, 1.165) is 13.1 Å². The molecule has 0 radical (unpaired) electrons. The molecule has 0 saturated heterocycles. The van der Waals surface area contributed by atoms with Crippen LogP contribution in [0.1, 0.15) is 52.4 Å². The van der Waals surface area contributed by atoms with Gasteiger partial charge in [-0.05, 0) is 19.9 Å². The maximum Gasteiger partial charge on any atom is 0.0683 e. The third kappa shape index (κ3) is 11.3. The number of hydrogen-bond donors (Lipinski definition) is 0. The number of rotatable bonds is 11. The molecule has 0 aliphatic carbocycles. The maximum atomic E-state index is 8.81. The monoisotopic (exact) mass is 294 g/mol. The quantitative estimate of drug-likeness (QED) is 0.396. The van der Waals surface area contributed by atoms with Crippen molar-refractivity contribution in [2.24, 2.45) is 0 Å². The van der Waals surface area contributed by atoms with E-state index >= 15 is 0 Å². The summed E-state index contributed by atoms with van der Waals surface area (Å²) in [5.41, 5.74) is 2.42. The zero-order valence-electron chi connectivity index (χ0n) is 14.3. The highest BCUT2D eigenvalue weighted by molar-refractivity contribution is 6.80. The van der Waals surface area contributed by atoms with Crippen LogP contribution in [0.5, 0.6) is 0 Å². The van der Waals surface area contributed by atoms with Gasteiger partial charge in [-0.15, -0.1) is 0 Å². The van der Waals surface area contributed by atoms with Gasteiger partial charge < -0.3 is 0 Å². The molecule has 0 bridgehead atoms. The van der Waals surface area contributed by atoms with E-state index in [4.69, 9.17) is 5.26 Å². The van der Waals surface area contributed by atoms with Crippen LogP contribution >= 0.6 is 0 Å². The fourth-order valence-corrected chi connectivity index (χ4v) is 3.04. The van der Waals surface area contributed by atoms with Crippen LogP contribution in [0, 0.1) is 11.3 Å². The Hall–Kier alpha value is -0.593. The van der Waals surface area contributed by atoms with Crippen molar-refractivity contribution in [3.63, 3.8) is 0 Å². The molecule has 0 aliphatic rings. The standard InChI is InChI=1S/C17H34N2Si/c1-6-7-8-9-10-14-19(15-11-13-18)17(2)12-16-20(3,4)5/h12,16-17H,6-11,14-15H2,1-5H3. The first-order valence-electron chi connectivity index (χ1n) is 8.21. The van der Waals surface area contributed by atoms with Gasteiger partial charge in [0.05, 0.1) is 14.1 Å². The second-order valence-electron chi connectivity index (χ2n) is 6.82. The predicted molar refractivity (Wildman–Crippen MR) is 92.5 cm³/mol. The Labute approximate surface area is 127 Å². The van der Waals surface area contributed by atoms with Crippen LogP contribution in [-0.2, 0) is 0 Å². The van der Waals surface area contributed by atoms with Crippen molar-refractivity contribution in [1.29, 1.82) is 5.26 Å². The molecule has 0 spiro atoms. The molecule has 0 aliphatic heterocycles. The molecule has 0 aromatic carbocycles. The first-order valence-corrected chi connectivity index (χ1v) is 11.8. The van der Waals surface area contributed by atoms with Gasteiger partial charge in [0, 0.05) is 19.0 Å². The number of nitrogens with zero attached hydrogens (tertiary/aromatic N) is 2. The molecule has 3 heteroatoms. The highest BCUT2D eigenvalue weighted by Gasteiger charge is 2.13. The van der Waals surface area contributed by atoms with Crippen LogP contribution in [0.4, 0.5) is 0 Å². The third-order valence-corrected chi connectivity index (χ3v) is 4.70. The lowest BCUT2D eigenvalue weighted by molar-refractivity contribution is 0.240. The Morgan fingerprint density at radius 2 is 1.75 bits per heavy atom. The average Bonchev–Trinajstić information content (AvgIpc) is 2.38. The van der Waals surface area contributed by atoms with Crippen molar-refractivity contribution < 1.29 is 0 Å². The van der Waals surface area contributed by atoms with Gasteiger partial charge >= 0.3 is 0 Å². The lowest BCUT2D eigenvalue weighted by Gasteiger charge is -2.27. The normalized spacial score (nSPS) is 13.8. The molecule has 0 amide bonds. The van der Waals surface area contributed by atoms with Crippen molar-refractivity contribution in [3.8, 4) is 6.07 Å². The van der Waals surface area contributed by atoms with Gasteiger partial charge in [-0.3, -0.25) is 4.90 Å². The van der Waals surface area contributed by atoms with Crippen LogP contribution in [0.15, 0.2) is 11.8 Å². The van der Waals surface area contributed by atoms with E-state index in [-0.39, 0.29) is 0 Å². The molecule has 0 aromatic heterocycles. The molecule has 2 nitrogen and oxygen atoms in total. The van der Waals surface area contributed by atoms with E-state index in [0.29, 0.717) is 12.5 Å². The first-order chi connectivity index (χ1) is 9.40. The molecule has 0 fully saturated rings. The van der Waals surface area contributed by atoms with E-state index in [9.17, 15) is 0 Å². The van der Waals surface area contributed by atoms with E-state index in [1.807, 2.05) is 0 Å². The van der Waals surface area contributed by atoms with Gasteiger partial charge in [-0.1, -0.05) is 64.0 Å². The van der Waals surface area contributed by atoms with Crippen LogP contribution in [0.2, 0.25) is 19.6 Å². The Morgan fingerprint density at radius 3 is 2.30 bits per heavy atom. The Bertz CT molecular complexity index is 299. The molecule has 0 N–H and O–H groups in total. The number of hydrogen-bond acceptors (Lipinski definition) is 2. The smallest absolute Gasteiger partial charge is 0.0683 e. The molecule has 116 valence electrons. The summed E-state index contributed by atoms with van der Waals surface area (Å²) >= 11 is 0. The van der Waals surface area contributed by atoms with Crippen molar-refractivity contribution in [2.45, 2.75) is 78.1 Å². The molecule has 1 unspecified atom stereocenters. The minimum Gasteiger partial charge on any atom is -0.296 e. The number of unbranched alkanes of at least 4 members (excludes halogenated alkanes) is 4. The molecule has 0 heterocycles. The predicted octanol–water partition coefficient (Wildman–Crippen LogP) is 4.99. The fraction of sp³-hybridized carbons (Fsp3) is 0.824. The summed E-state index contributed by atoms with van der Waals surface area (Å²) in [7, 11) is -1.12. The van der Waals surface area contributed by atoms with Gasteiger partial charge in [-0.25, -0.2) is 0 Å². The summed E-state index contributed by atoms with van der Waals surface area (Å²) in [5, 5.41) is 8.81. The van der Waals surface area contributed by atoms with Crippen LogP contribution in [0.25, 0.3) is 0 Å². The lowest BCUT2D eigenvalue weighted by atomic mass is 10.1. The van der Waals surface area contributed by atoms with E-state index in [1.165, 1.54) is 32.1 Å². The summed E-state index contributed by atoms with van der Waals surface area (Å²) < 4.78 is 0. The summed E-state index contributed by atoms with van der Waals surface area (Å²) in [6.45, 7) is 13.6. The lowest BCUT2D eigenvalue weighted by Crippen LogP contribution is -2.34. The average molecular weight is 295 g/mol. The largest absolute Gasteiger partial charge is 0.296 e. The van der Waals surface area contributed by atoms with Crippen molar-refractivity contribution >= 4 is 8.07 Å². The van der Waals surface area contributed by atoms with E-state index < -0.39 is 8.07 Å². The third-order valence-electron chi connectivity index (χ3n) is 3.51. The second kappa shape index (κ2) is 11.1. The molecular formula is C17H34N2Si. The van der Waals surface area contributed by atoms with Crippen LogP contribution in [-0.4, -0.2) is 32.1 Å². The Balaban J connectivity index is 4.25. The zero-order valence-corrected chi connectivity index (χ0v) is 15.3. The second-order valence-corrected chi connectivity index (χ2v) is 11.9. The van der Waals surface area contributed by atoms with Gasteiger partial charge in [0.1, 0.15) is 0 Å². The van der Waals surface area contributed by atoms with Gasteiger partial charge in [-0.2, -0.15) is 5.26 Å². The minimum absolute atomic E-state index is 0.459. The van der Waals surface area contributed by atoms with E-state index in [1.54, 1.807) is 0 Å². The highest BCUT2D eigenvalue weighted by atomic mass is 28.3. The van der Waals surface area contributed by atoms with Gasteiger partial charge in [0.15, 0.2) is 0 Å². The van der Waals surface area contributed by atoms with Crippen molar-refractivity contribution in [2.75, 3.05) is 13.1 Å². The number of nitriles is 1. The topological polar surface area (TPSA) is 27.0 Å². The molecular weight excluding hydrogens is 260 g/mol. The van der Waals surface area contributed by atoms with Crippen molar-refractivity contribution in [1.82, 2.24) is 4.90 Å². The zero-order chi connectivity index (χ0) is 15.4. The SMILES string of the molecule is CCCCCCCN(CCC#N)C(C)C=C[Si](C)(C)C. The molecule has 0 saturated carbocycles. The van der Waals surface area contributed by atoms with Gasteiger partial charge in [0.25, 0.3) is 0 Å². The molecule has 1 atom stereocenters. The van der Waals surface area contributed by atoms with Crippen LogP contribution in [0.3, 0.4) is 0 Å². The van der Waals surface area contributed by atoms with Crippen LogP contribution < -0.4 is 0 Å². The maximum absolute atomic E-state index is 8.81. The minimum atomic E-state index is -1.12. The van der Waals surface area contributed by atoms with Crippen molar-refractivity contribution in [3.05, 3.63) is 11.8 Å². The molecule has 0 rings (SSSR count). The molecule has 0 aromatic rings. The summed E-state index contributed by atoms with van der Waals surface area (Å²) in [6, 6.07) is 2.74.